The average molecular weight is 288 g/mol. The number of hydrogen-bond donors (Lipinski definition) is 2. The fraction of sp³-hybridized carbons (Fsp3) is 0.412. The van der Waals surface area contributed by atoms with Crippen LogP contribution in [0.25, 0.3) is 5.69 Å². The van der Waals surface area contributed by atoms with Crippen LogP contribution in [-0.4, -0.2) is 36.0 Å². The van der Waals surface area contributed by atoms with E-state index in [-0.39, 0.29) is 0 Å². The summed E-state index contributed by atoms with van der Waals surface area (Å²) in [5.74, 6) is 0. The first-order chi connectivity index (χ1) is 10.1. The van der Waals surface area contributed by atoms with Gasteiger partial charge in [0.25, 0.3) is 0 Å². The van der Waals surface area contributed by atoms with E-state index in [2.05, 4.69) is 41.9 Å². The van der Waals surface area contributed by atoms with E-state index in [1.807, 2.05) is 18.2 Å². The van der Waals surface area contributed by atoms with Crippen LogP contribution in [0.4, 0.5) is 0 Å². The lowest BCUT2D eigenvalue weighted by molar-refractivity contribution is 0.0644. The zero-order valence-corrected chi connectivity index (χ0v) is 13.0. The number of rotatable bonds is 7. The summed E-state index contributed by atoms with van der Waals surface area (Å²) in [5, 5.41) is 12.9. The zero-order valence-electron chi connectivity index (χ0n) is 13.0. The molecule has 2 rings (SSSR count). The molecule has 0 spiro atoms. The molecule has 1 heterocycles. The van der Waals surface area contributed by atoms with E-state index in [1.54, 1.807) is 7.11 Å². The first-order valence-electron chi connectivity index (χ1n) is 7.24. The number of aliphatic hydroxyl groups excluding tert-OH is 1. The number of nitrogens with zero attached hydrogens (tertiary/aromatic N) is 1. The molecule has 1 aromatic carbocycles. The van der Waals surface area contributed by atoms with Crippen LogP contribution in [0, 0.1) is 13.8 Å². The Morgan fingerprint density at radius 1 is 1.24 bits per heavy atom. The van der Waals surface area contributed by atoms with Gasteiger partial charge in [0.1, 0.15) is 0 Å². The molecule has 2 N–H and O–H groups in total. The van der Waals surface area contributed by atoms with Gasteiger partial charge >= 0.3 is 0 Å². The molecule has 4 heteroatoms. The third kappa shape index (κ3) is 3.94. The molecule has 0 aliphatic heterocycles. The van der Waals surface area contributed by atoms with Crippen LogP contribution in [0.3, 0.4) is 0 Å². The molecule has 114 valence electrons. The zero-order chi connectivity index (χ0) is 15.2. The van der Waals surface area contributed by atoms with Gasteiger partial charge in [0.15, 0.2) is 0 Å². The van der Waals surface area contributed by atoms with Crippen molar-refractivity contribution in [3.05, 3.63) is 53.3 Å². The van der Waals surface area contributed by atoms with E-state index < -0.39 is 6.10 Å². The number of aliphatic hydroxyl groups is 1. The number of aromatic nitrogens is 1. The third-order valence-electron chi connectivity index (χ3n) is 3.60. The molecular formula is C17H24N2O2. The van der Waals surface area contributed by atoms with Crippen molar-refractivity contribution in [2.75, 3.05) is 20.3 Å². The van der Waals surface area contributed by atoms with Gasteiger partial charge in [0.2, 0.25) is 0 Å². The summed E-state index contributed by atoms with van der Waals surface area (Å²) in [5.41, 5.74) is 4.87. The fourth-order valence-corrected chi connectivity index (χ4v) is 2.61. The Balaban J connectivity index is 2.06. The van der Waals surface area contributed by atoms with Gasteiger partial charge in [-0.1, -0.05) is 18.2 Å². The van der Waals surface area contributed by atoms with Crippen LogP contribution < -0.4 is 5.32 Å². The molecule has 0 saturated carbocycles. The Labute approximate surface area is 126 Å². The Morgan fingerprint density at radius 2 is 1.95 bits per heavy atom. The first kappa shape index (κ1) is 15.8. The molecule has 21 heavy (non-hydrogen) atoms. The lowest BCUT2D eigenvalue weighted by Crippen LogP contribution is -2.29. The summed E-state index contributed by atoms with van der Waals surface area (Å²) >= 11 is 0. The molecule has 1 unspecified atom stereocenters. The first-order valence-corrected chi connectivity index (χ1v) is 7.24. The predicted molar refractivity (Wildman–Crippen MR) is 84.8 cm³/mol. The van der Waals surface area contributed by atoms with Gasteiger partial charge in [-0.25, -0.2) is 0 Å². The number of methoxy groups -OCH3 is 1. The van der Waals surface area contributed by atoms with Crippen molar-refractivity contribution in [2.45, 2.75) is 26.5 Å². The summed E-state index contributed by atoms with van der Waals surface area (Å²) in [6.45, 7) is 5.87. The third-order valence-corrected chi connectivity index (χ3v) is 3.60. The van der Waals surface area contributed by atoms with E-state index in [9.17, 15) is 5.11 Å². The van der Waals surface area contributed by atoms with Gasteiger partial charge in [-0.15, -0.1) is 0 Å². The predicted octanol–water partition coefficient (Wildman–Crippen LogP) is 2.19. The van der Waals surface area contributed by atoms with Gasteiger partial charge in [0, 0.05) is 37.3 Å². The number of benzene rings is 1. The Morgan fingerprint density at radius 3 is 2.62 bits per heavy atom. The number of aryl methyl sites for hydroxylation is 1. The lowest BCUT2D eigenvalue weighted by Gasteiger charge is -2.12. The van der Waals surface area contributed by atoms with E-state index in [0.29, 0.717) is 13.2 Å². The standard InChI is InChI=1S/C17H24N2O2/c1-13-9-15(10-18-11-17(20)12-21-3)14(2)19(13)16-7-5-4-6-8-16/h4-9,17-18,20H,10-12H2,1-3H3. The highest BCUT2D eigenvalue weighted by molar-refractivity contribution is 5.40. The summed E-state index contributed by atoms with van der Waals surface area (Å²) in [6.07, 6.45) is -0.465. The summed E-state index contributed by atoms with van der Waals surface area (Å²) in [6, 6.07) is 12.5. The van der Waals surface area contributed by atoms with Crippen LogP contribution in [0.1, 0.15) is 17.0 Å². The monoisotopic (exact) mass is 288 g/mol. The highest BCUT2D eigenvalue weighted by Gasteiger charge is 2.10. The van der Waals surface area contributed by atoms with Crippen LogP contribution >= 0.6 is 0 Å². The number of nitrogens with one attached hydrogen (secondary N) is 1. The minimum absolute atomic E-state index is 0.357. The van der Waals surface area contributed by atoms with Crippen LogP contribution in [-0.2, 0) is 11.3 Å². The second-order valence-corrected chi connectivity index (χ2v) is 5.31. The maximum absolute atomic E-state index is 9.64. The molecule has 0 fully saturated rings. The number of para-hydroxylation sites is 1. The molecule has 1 atom stereocenters. The Kier molecular flexibility index (Phi) is 5.56. The smallest absolute Gasteiger partial charge is 0.0897 e. The Bertz CT molecular complexity index is 564. The molecule has 2 aromatic rings. The van der Waals surface area contributed by atoms with Crippen LogP contribution in [0.15, 0.2) is 36.4 Å². The number of hydrogen-bond acceptors (Lipinski definition) is 3. The second kappa shape index (κ2) is 7.41. The van der Waals surface area contributed by atoms with Crippen molar-refractivity contribution in [3.63, 3.8) is 0 Å². The van der Waals surface area contributed by atoms with Gasteiger partial charge in [-0.05, 0) is 37.6 Å². The van der Waals surface area contributed by atoms with E-state index in [4.69, 9.17) is 4.74 Å². The molecule has 1 aromatic heterocycles. The second-order valence-electron chi connectivity index (χ2n) is 5.31. The molecular weight excluding hydrogens is 264 g/mol. The largest absolute Gasteiger partial charge is 0.389 e. The van der Waals surface area contributed by atoms with Crippen LogP contribution in [0.2, 0.25) is 0 Å². The molecule has 0 aliphatic carbocycles. The van der Waals surface area contributed by atoms with Crippen molar-refractivity contribution in [1.82, 2.24) is 9.88 Å². The Hall–Kier alpha value is -1.62. The van der Waals surface area contributed by atoms with Crippen LogP contribution in [0.5, 0.6) is 0 Å². The van der Waals surface area contributed by atoms with Crippen molar-refractivity contribution >= 4 is 0 Å². The van der Waals surface area contributed by atoms with Crippen molar-refractivity contribution in [3.8, 4) is 5.69 Å². The minimum Gasteiger partial charge on any atom is -0.389 e. The quantitative estimate of drug-likeness (QED) is 0.821. The molecule has 0 aliphatic rings. The summed E-state index contributed by atoms with van der Waals surface area (Å²) in [4.78, 5) is 0. The van der Waals surface area contributed by atoms with Gasteiger partial charge in [-0.3, -0.25) is 0 Å². The van der Waals surface area contributed by atoms with E-state index >= 15 is 0 Å². The maximum atomic E-state index is 9.64. The van der Waals surface area contributed by atoms with E-state index in [1.165, 1.54) is 22.6 Å². The molecule has 0 bridgehead atoms. The summed E-state index contributed by atoms with van der Waals surface area (Å²) < 4.78 is 7.17. The van der Waals surface area contributed by atoms with Crippen molar-refractivity contribution in [2.24, 2.45) is 0 Å². The summed E-state index contributed by atoms with van der Waals surface area (Å²) in [7, 11) is 1.59. The van der Waals surface area contributed by atoms with Gasteiger partial charge in [0.05, 0.1) is 12.7 Å². The molecule has 4 nitrogen and oxygen atoms in total. The van der Waals surface area contributed by atoms with Gasteiger partial charge in [-0.2, -0.15) is 0 Å². The topological polar surface area (TPSA) is 46.4 Å². The molecule has 0 amide bonds. The highest BCUT2D eigenvalue weighted by Crippen LogP contribution is 2.20. The van der Waals surface area contributed by atoms with Crippen molar-refractivity contribution in [1.29, 1.82) is 0 Å². The average Bonchev–Trinajstić information content (AvgIpc) is 2.75. The minimum atomic E-state index is -0.465. The maximum Gasteiger partial charge on any atom is 0.0897 e. The van der Waals surface area contributed by atoms with Crippen molar-refractivity contribution < 1.29 is 9.84 Å². The normalized spacial score (nSPS) is 12.6. The highest BCUT2D eigenvalue weighted by atomic mass is 16.5. The lowest BCUT2D eigenvalue weighted by atomic mass is 10.2. The SMILES string of the molecule is COCC(O)CNCc1cc(C)n(-c2ccccc2)c1C. The number of ether oxygens (including phenoxy) is 1. The molecule has 0 saturated heterocycles. The van der Waals surface area contributed by atoms with E-state index in [0.717, 1.165) is 6.54 Å². The molecule has 0 radical (unpaired) electrons. The fourth-order valence-electron chi connectivity index (χ4n) is 2.61. The van der Waals surface area contributed by atoms with Gasteiger partial charge < -0.3 is 19.7 Å².